The minimum absolute atomic E-state index is 0.470. The molecular formula is C23H25N2O3+. The molecule has 4 aromatic rings. The monoisotopic (exact) mass is 377 g/mol. The van der Waals surface area contributed by atoms with E-state index >= 15 is 0 Å². The predicted molar refractivity (Wildman–Crippen MR) is 109 cm³/mol. The van der Waals surface area contributed by atoms with Gasteiger partial charge in [-0.1, -0.05) is 18.2 Å². The highest BCUT2D eigenvalue weighted by molar-refractivity contribution is 5.87. The lowest BCUT2D eigenvalue weighted by atomic mass is 10.1. The predicted octanol–water partition coefficient (Wildman–Crippen LogP) is 3.03. The number of aromatic nitrogens is 1. The van der Waals surface area contributed by atoms with Crippen molar-refractivity contribution < 1.29 is 19.6 Å². The van der Waals surface area contributed by atoms with E-state index in [0.29, 0.717) is 13.1 Å². The third kappa shape index (κ3) is 3.96. The molecule has 144 valence electrons. The molecule has 28 heavy (non-hydrogen) atoms. The fourth-order valence-corrected chi connectivity index (χ4v) is 3.54. The molecule has 4 rings (SSSR count). The third-order valence-electron chi connectivity index (χ3n) is 4.95. The number of ether oxygens (including phenoxy) is 1. The summed E-state index contributed by atoms with van der Waals surface area (Å²) in [6, 6.07) is 22.3. The Morgan fingerprint density at radius 2 is 1.89 bits per heavy atom. The summed E-state index contributed by atoms with van der Waals surface area (Å²) >= 11 is 0. The third-order valence-corrected chi connectivity index (χ3v) is 4.95. The molecule has 0 radical (unpaired) electrons. The summed E-state index contributed by atoms with van der Waals surface area (Å²) in [7, 11) is 1.67. The van der Waals surface area contributed by atoms with Crippen molar-refractivity contribution >= 4 is 10.9 Å². The van der Waals surface area contributed by atoms with Gasteiger partial charge in [0.05, 0.1) is 19.9 Å². The summed E-state index contributed by atoms with van der Waals surface area (Å²) in [5.41, 5.74) is 3.32. The van der Waals surface area contributed by atoms with E-state index < -0.39 is 6.10 Å². The first kappa shape index (κ1) is 18.3. The number of aliphatic hydroxyl groups excluding tert-OH is 1. The fraction of sp³-hybridized carbons (Fsp3) is 0.217. The molecule has 0 bridgehead atoms. The zero-order chi connectivity index (χ0) is 19.3. The van der Waals surface area contributed by atoms with E-state index in [2.05, 4.69) is 40.2 Å². The Morgan fingerprint density at radius 1 is 1.07 bits per heavy atom. The van der Waals surface area contributed by atoms with Gasteiger partial charge in [0.1, 0.15) is 24.9 Å². The zero-order valence-corrected chi connectivity index (χ0v) is 15.9. The quantitative estimate of drug-likeness (QED) is 0.496. The number of benzene rings is 2. The van der Waals surface area contributed by atoms with Gasteiger partial charge in [-0.2, -0.15) is 0 Å². The van der Waals surface area contributed by atoms with Gasteiger partial charge in [-0.3, -0.25) is 0 Å². The molecule has 0 aliphatic heterocycles. The first-order chi connectivity index (χ1) is 13.7. The number of hydrogen-bond acceptors (Lipinski definition) is 3. The van der Waals surface area contributed by atoms with E-state index in [0.717, 1.165) is 34.8 Å². The molecule has 2 aromatic carbocycles. The number of para-hydroxylation sites is 1. The van der Waals surface area contributed by atoms with E-state index in [1.807, 2.05) is 36.4 Å². The fourth-order valence-electron chi connectivity index (χ4n) is 3.54. The number of nitrogens with two attached hydrogens (primary N) is 1. The second-order valence-electron chi connectivity index (χ2n) is 6.89. The summed E-state index contributed by atoms with van der Waals surface area (Å²) in [6.45, 7) is 1.86. The van der Waals surface area contributed by atoms with Gasteiger partial charge in [0.15, 0.2) is 5.76 Å². The number of furan rings is 1. The van der Waals surface area contributed by atoms with Gasteiger partial charge >= 0.3 is 0 Å². The Balaban J connectivity index is 1.55. The van der Waals surface area contributed by atoms with Crippen molar-refractivity contribution in [1.29, 1.82) is 0 Å². The number of hydrogen-bond donors (Lipinski definition) is 2. The van der Waals surface area contributed by atoms with Gasteiger partial charge in [0.2, 0.25) is 0 Å². The Hall–Kier alpha value is -3.02. The lowest BCUT2D eigenvalue weighted by Crippen LogP contribution is -2.85. The van der Waals surface area contributed by atoms with Gasteiger partial charge in [0.25, 0.3) is 0 Å². The zero-order valence-electron chi connectivity index (χ0n) is 15.9. The van der Waals surface area contributed by atoms with Gasteiger partial charge in [-0.05, 0) is 54.1 Å². The molecule has 5 heteroatoms. The molecule has 0 saturated heterocycles. The molecule has 0 amide bonds. The van der Waals surface area contributed by atoms with Crippen molar-refractivity contribution in [2.45, 2.75) is 19.2 Å². The second-order valence-corrected chi connectivity index (χ2v) is 6.89. The highest BCUT2D eigenvalue weighted by Crippen LogP contribution is 2.29. The van der Waals surface area contributed by atoms with E-state index in [4.69, 9.17) is 9.15 Å². The summed E-state index contributed by atoms with van der Waals surface area (Å²) in [5, 5.41) is 13.9. The van der Waals surface area contributed by atoms with E-state index in [1.54, 1.807) is 13.4 Å². The highest BCUT2D eigenvalue weighted by atomic mass is 16.5. The normalized spacial score (nSPS) is 12.4. The highest BCUT2D eigenvalue weighted by Gasteiger charge is 2.15. The lowest BCUT2D eigenvalue weighted by Gasteiger charge is -2.15. The van der Waals surface area contributed by atoms with Gasteiger partial charge in [0, 0.05) is 16.6 Å². The van der Waals surface area contributed by atoms with Gasteiger partial charge in [-0.15, -0.1) is 0 Å². The van der Waals surface area contributed by atoms with Crippen molar-refractivity contribution in [3.8, 4) is 17.0 Å². The van der Waals surface area contributed by atoms with Crippen LogP contribution in [-0.2, 0) is 13.1 Å². The molecule has 0 aliphatic carbocycles. The van der Waals surface area contributed by atoms with Crippen LogP contribution in [0.4, 0.5) is 0 Å². The van der Waals surface area contributed by atoms with E-state index in [9.17, 15) is 5.11 Å². The lowest BCUT2D eigenvalue weighted by molar-refractivity contribution is -0.678. The number of nitrogens with zero attached hydrogens (tertiary/aromatic N) is 1. The molecule has 3 N–H and O–H groups in total. The van der Waals surface area contributed by atoms with Crippen molar-refractivity contribution in [1.82, 2.24) is 4.57 Å². The van der Waals surface area contributed by atoms with Crippen LogP contribution in [0.3, 0.4) is 0 Å². The van der Waals surface area contributed by atoms with Crippen molar-refractivity contribution in [3.63, 3.8) is 0 Å². The summed E-state index contributed by atoms with van der Waals surface area (Å²) in [5.74, 6) is 1.75. The van der Waals surface area contributed by atoms with Crippen molar-refractivity contribution in [2.24, 2.45) is 0 Å². The minimum atomic E-state index is -0.470. The van der Waals surface area contributed by atoms with Crippen LogP contribution in [0.5, 0.6) is 5.75 Å². The smallest absolute Gasteiger partial charge is 0.157 e. The van der Waals surface area contributed by atoms with Crippen LogP contribution in [-0.4, -0.2) is 29.4 Å². The minimum Gasteiger partial charge on any atom is -0.497 e. The maximum Gasteiger partial charge on any atom is 0.157 e. The Morgan fingerprint density at radius 3 is 2.64 bits per heavy atom. The topological polar surface area (TPSA) is 64.1 Å². The van der Waals surface area contributed by atoms with Crippen LogP contribution in [0.1, 0.15) is 5.76 Å². The molecule has 5 nitrogen and oxygen atoms in total. The first-order valence-electron chi connectivity index (χ1n) is 9.49. The molecule has 0 fully saturated rings. The summed E-state index contributed by atoms with van der Waals surface area (Å²) in [6.07, 6.45) is 1.20. The van der Waals surface area contributed by atoms with Gasteiger partial charge in [-0.25, -0.2) is 0 Å². The molecule has 0 saturated carbocycles. The largest absolute Gasteiger partial charge is 0.497 e. The first-order valence-corrected chi connectivity index (χ1v) is 9.49. The number of aliphatic hydroxyl groups is 1. The number of quaternary nitrogens is 1. The molecule has 0 spiro atoms. The van der Waals surface area contributed by atoms with Crippen molar-refractivity contribution in [3.05, 3.63) is 78.8 Å². The Kier molecular flexibility index (Phi) is 5.46. The summed E-state index contributed by atoms with van der Waals surface area (Å²) < 4.78 is 12.8. The molecule has 2 heterocycles. The van der Waals surface area contributed by atoms with E-state index in [1.165, 1.54) is 5.39 Å². The molecule has 2 aromatic heterocycles. The Labute approximate surface area is 164 Å². The van der Waals surface area contributed by atoms with Crippen molar-refractivity contribution in [2.75, 3.05) is 13.7 Å². The van der Waals surface area contributed by atoms with E-state index in [-0.39, 0.29) is 0 Å². The average molecular weight is 377 g/mol. The molecule has 0 unspecified atom stereocenters. The second kappa shape index (κ2) is 8.33. The van der Waals surface area contributed by atoms with Crippen LogP contribution in [0.2, 0.25) is 0 Å². The van der Waals surface area contributed by atoms with Crippen LogP contribution < -0.4 is 10.1 Å². The number of fused-ring (bicyclic) bond motifs is 1. The molecular weight excluding hydrogens is 352 g/mol. The van der Waals surface area contributed by atoms with Crippen LogP contribution >= 0.6 is 0 Å². The SMILES string of the molecule is COc1ccc(-c2cc3ccccc3n2C[C@@H](O)C[NH2+]Cc2ccco2)cc1. The number of rotatable bonds is 8. The molecule has 0 aliphatic rings. The van der Waals surface area contributed by atoms with Crippen LogP contribution in [0.15, 0.2) is 77.4 Å². The van der Waals surface area contributed by atoms with Gasteiger partial charge < -0.3 is 24.1 Å². The van der Waals surface area contributed by atoms with Crippen LogP contribution in [0, 0.1) is 0 Å². The summed E-state index contributed by atoms with van der Waals surface area (Å²) in [4.78, 5) is 0. The standard InChI is InChI=1S/C23H24N2O3/c1-27-20-10-8-17(9-11-20)23-13-18-5-2-3-7-22(18)25(23)16-19(26)14-24-15-21-6-4-12-28-21/h2-13,19,24,26H,14-16H2,1H3/p+1/t19-/m0/s1. The maximum atomic E-state index is 10.7. The maximum absolute atomic E-state index is 10.7. The Bertz CT molecular complexity index is 1020. The average Bonchev–Trinajstić information content (AvgIpc) is 3.36. The van der Waals surface area contributed by atoms with Crippen LogP contribution in [0.25, 0.3) is 22.2 Å². The molecule has 1 atom stereocenters. The number of methoxy groups -OCH3 is 1.